The average Bonchev–Trinajstić information content (AvgIpc) is 2.92. The molecule has 1 saturated heterocycles. The maximum Gasteiger partial charge on any atom is 0.330 e. The van der Waals surface area contributed by atoms with Crippen LogP contribution in [0.2, 0.25) is 0 Å². The molecule has 1 aliphatic rings. The molecule has 1 aliphatic heterocycles. The topological polar surface area (TPSA) is 58.6 Å². The lowest BCUT2D eigenvalue weighted by atomic mass is 10.1. The van der Waals surface area contributed by atoms with E-state index in [0.29, 0.717) is 11.7 Å². The van der Waals surface area contributed by atoms with Gasteiger partial charge in [0, 0.05) is 11.4 Å². The van der Waals surface area contributed by atoms with Gasteiger partial charge in [0.2, 0.25) is 0 Å². The summed E-state index contributed by atoms with van der Waals surface area (Å²) >= 11 is 1.65. The summed E-state index contributed by atoms with van der Waals surface area (Å²) in [7, 11) is 0. The molecule has 1 N–H and O–H groups in total. The number of urea groups is 1. The number of thioether (sulfide) groups is 1. The summed E-state index contributed by atoms with van der Waals surface area (Å²) < 4.78 is 5.36. The Morgan fingerprint density at radius 1 is 1.24 bits per heavy atom. The van der Waals surface area contributed by atoms with E-state index in [1.807, 2.05) is 45.0 Å². The van der Waals surface area contributed by atoms with Crippen molar-refractivity contribution in [3.8, 4) is 0 Å². The Balaban J connectivity index is 2.16. The second kappa shape index (κ2) is 8.61. The molecule has 0 saturated carbocycles. The van der Waals surface area contributed by atoms with Gasteiger partial charge in [0.15, 0.2) is 0 Å². The summed E-state index contributed by atoms with van der Waals surface area (Å²) in [6, 6.07) is 6.85. The van der Waals surface area contributed by atoms with Gasteiger partial charge in [0.25, 0.3) is 0 Å². The van der Waals surface area contributed by atoms with Crippen LogP contribution in [0.15, 0.2) is 24.3 Å². The summed E-state index contributed by atoms with van der Waals surface area (Å²) in [6.07, 6.45) is 0.654. The number of amides is 2. The Bertz CT molecular complexity index is 601. The second-order valence-electron chi connectivity index (χ2n) is 7.12. The van der Waals surface area contributed by atoms with Crippen molar-refractivity contribution >= 4 is 29.4 Å². The quantitative estimate of drug-likeness (QED) is 0.793. The van der Waals surface area contributed by atoms with Gasteiger partial charge >= 0.3 is 12.0 Å². The molecule has 0 aliphatic carbocycles. The third-order valence-corrected chi connectivity index (χ3v) is 5.24. The van der Waals surface area contributed by atoms with E-state index in [-0.39, 0.29) is 23.5 Å². The predicted molar refractivity (Wildman–Crippen MR) is 103 cm³/mol. The highest BCUT2D eigenvalue weighted by molar-refractivity contribution is 8.00. The number of nitrogens with one attached hydrogen (secondary N) is 1. The Hall–Kier alpha value is -1.69. The standard InChI is InChI=1S/C19H28N2O3S/c1-12(2)10-17-21(16(11-25-17)18(22)24-13(3)4)19(23)20-15-8-6-14(5)7-9-15/h6-9,12-13,16-17H,10-11H2,1-5H3,(H,20,23)/t16-,17+/m1/s1. The van der Waals surface area contributed by atoms with Gasteiger partial charge in [-0.05, 0) is 45.2 Å². The normalized spacial score (nSPS) is 20.2. The molecular formula is C19H28N2O3S. The van der Waals surface area contributed by atoms with Crippen LogP contribution in [0.4, 0.5) is 10.5 Å². The van der Waals surface area contributed by atoms with Gasteiger partial charge in [0.1, 0.15) is 6.04 Å². The summed E-state index contributed by atoms with van der Waals surface area (Å²) in [6.45, 7) is 9.89. The third-order valence-electron chi connectivity index (χ3n) is 3.93. The number of aryl methyl sites for hydroxylation is 1. The number of carbonyl (C=O) groups excluding carboxylic acids is 2. The smallest absolute Gasteiger partial charge is 0.330 e. The van der Waals surface area contributed by atoms with Crippen LogP contribution in [-0.4, -0.2) is 40.2 Å². The summed E-state index contributed by atoms with van der Waals surface area (Å²) in [5.74, 6) is 0.685. The number of rotatable bonds is 5. The minimum atomic E-state index is -0.540. The number of carbonyl (C=O) groups is 2. The molecule has 0 unspecified atom stereocenters. The van der Waals surface area contributed by atoms with E-state index in [9.17, 15) is 9.59 Å². The van der Waals surface area contributed by atoms with Crippen molar-refractivity contribution < 1.29 is 14.3 Å². The zero-order chi connectivity index (χ0) is 18.6. The molecule has 138 valence electrons. The molecular weight excluding hydrogens is 336 g/mol. The largest absolute Gasteiger partial charge is 0.461 e. The van der Waals surface area contributed by atoms with Gasteiger partial charge in [-0.1, -0.05) is 31.5 Å². The molecule has 0 radical (unpaired) electrons. The summed E-state index contributed by atoms with van der Waals surface area (Å²) in [4.78, 5) is 27.0. The molecule has 0 aromatic heterocycles. The highest BCUT2D eigenvalue weighted by atomic mass is 32.2. The Morgan fingerprint density at radius 2 is 1.88 bits per heavy atom. The van der Waals surface area contributed by atoms with Gasteiger partial charge < -0.3 is 10.1 Å². The van der Waals surface area contributed by atoms with Crippen molar-refractivity contribution in [3.63, 3.8) is 0 Å². The highest BCUT2D eigenvalue weighted by Gasteiger charge is 2.42. The lowest BCUT2D eigenvalue weighted by Gasteiger charge is -2.29. The average molecular weight is 365 g/mol. The minimum absolute atomic E-state index is 0.0184. The lowest BCUT2D eigenvalue weighted by molar-refractivity contribution is -0.151. The molecule has 0 spiro atoms. The van der Waals surface area contributed by atoms with Crippen LogP contribution in [0.1, 0.15) is 39.7 Å². The molecule has 2 atom stereocenters. The molecule has 1 fully saturated rings. The predicted octanol–water partition coefficient (Wildman–Crippen LogP) is 4.27. The van der Waals surface area contributed by atoms with Crippen LogP contribution in [-0.2, 0) is 9.53 Å². The van der Waals surface area contributed by atoms with Crippen molar-refractivity contribution in [2.24, 2.45) is 5.92 Å². The fraction of sp³-hybridized carbons (Fsp3) is 0.579. The van der Waals surface area contributed by atoms with Crippen LogP contribution < -0.4 is 5.32 Å². The molecule has 2 rings (SSSR count). The molecule has 6 heteroatoms. The van der Waals surface area contributed by atoms with Gasteiger partial charge in [-0.2, -0.15) is 0 Å². The van der Waals surface area contributed by atoms with Gasteiger partial charge in [-0.15, -0.1) is 11.8 Å². The monoisotopic (exact) mass is 364 g/mol. The SMILES string of the molecule is Cc1ccc(NC(=O)N2[C@H](CC(C)C)SC[C@@H]2C(=O)OC(C)C)cc1. The molecule has 1 heterocycles. The van der Waals surface area contributed by atoms with Gasteiger partial charge in [0.05, 0.1) is 11.5 Å². The molecule has 25 heavy (non-hydrogen) atoms. The zero-order valence-corrected chi connectivity index (χ0v) is 16.4. The van der Waals surface area contributed by atoms with Crippen molar-refractivity contribution in [2.45, 2.75) is 58.6 Å². The second-order valence-corrected chi connectivity index (χ2v) is 8.33. The third kappa shape index (κ3) is 5.39. The van der Waals surface area contributed by atoms with E-state index in [1.165, 1.54) is 0 Å². The van der Waals surface area contributed by atoms with Crippen LogP contribution in [0.5, 0.6) is 0 Å². The van der Waals surface area contributed by atoms with E-state index in [4.69, 9.17) is 4.74 Å². The van der Waals surface area contributed by atoms with E-state index in [0.717, 1.165) is 17.7 Å². The first-order valence-corrected chi connectivity index (χ1v) is 9.81. The number of esters is 1. The van der Waals surface area contributed by atoms with Crippen LogP contribution >= 0.6 is 11.8 Å². The number of hydrogen-bond donors (Lipinski definition) is 1. The fourth-order valence-corrected chi connectivity index (χ4v) is 4.36. The highest BCUT2D eigenvalue weighted by Crippen LogP contribution is 2.34. The summed E-state index contributed by atoms with van der Waals surface area (Å²) in [5, 5.41) is 2.90. The van der Waals surface area contributed by atoms with Crippen LogP contribution in [0.25, 0.3) is 0 Å². The van der Waals surface area contributed by atoms with E-state index >= 15 is 0 Å². The minimum Gasteiger partial charge on any atom is -0.461 e. The molecule has 0 bridgehead atoms. The molecule has 1 aromatic rings. The van der Waals surface area contributed by atoms with Crippen molar-refractivity contribution in [2.75, 3.05) is 11.1 Å². The van der Waals surface area contributed by atoms with E-state index in [2.05, 4.69) is 19.2 Å². The molecule has 1 aromatic carbocycles. The van der Waals surface area contributed by atoms with Crippen LogP contribution in [0, 0.1) is 12.8 Å². The van der Waals surface area contributed by atoms with Crippen molar-refractivity contribution in [1.82, 2.24) is 4.90 Å². The molecule has 5 nitrogen and oxygen atoms in total. The maximum atomic E-state index is 12.9. The first kappa shape index (κ1) is 19.6. The Labute approximate surface area is 154 Å². The van der Waals surface area contributed by atoms with Crippen molar-refractivity contribution in [1.29, 1.82) is 0 Å². The number of nitrogens with zero attached hydrogens (tertiary/aromatic N) is 1. The fourth-order valence-electron chi connectivity index (χ4n) is 2.74. The first-order chi connectivity index (χ1) is 11.8. The number of anilines is 1. The van der Waals surface area contributed by atoms with Crippen LogP contribution in [0.3, 0.4) is 0 Å². The Kier molecular flexibility index (Phi) is 6.76. The number of ether oxygens (including phenoxy) is 1. The number of hydrogen-bond acceptors (Lipinski definition) is 4. The lowest BCUT2D eigenvalue weighted by Crippen LogP contribution is -2.48. The summed E-state index contributed by atoms with van der Waals surface area (Å²) in [5.41, 5.74) is 1.86. The first-order valence-electron chi connectivity index (χ1n) is 8.76. The van der Waals surface area contributed by atoms with Crippen molar-refractivity contribution in [3.05, 3.63) is 29.8 Å². The molecule has 2 amide bonds. The maximum absolute atomic E-state index is 12.9. The van der Waals surface area contributed by atoms with E-state index < -0.39 is 6.04 Å². The van der Waals surface area contributed by atoms with E-state index in [1.54, 1.807) is 16.7 Å². The Morgan fingerprint density at radius 3 is 2.44 bits per heavy atom. The van der Waals surface area contributed by atoms with Gasteiger partial charge in [-0.25, -0.2) is 9.59 Å². The number of benzene rings is 1. The van der Waals surface area contributed by atoms with Gasteiger partial charge in [-0.3, -0.25) is 4.90 Å². The zero-order valence-electron chi connectivity index (χ0n) is 15.6.